The molecule has 122 valence electrons. The number of carbonyl (C=O) groups is 1. The fourth-order valence-electron chi connectivity index (χ4n) is 3.09. The van der Waals surface area contributed by atoms with Crippen molar-refractivity contribution in [1.29, 1.82) is 0 Å². The van der Waals surface area contributed by atoms with Crippen LogP contribution in [0.1, 0.15) is 39.5 Å². The smallest absolute Gasteiger partial charge is 0.225 e. The summed E-state index contributed by atoms with van der Waals surface area (Å²) in [6.45, 7) is 7.04. The van der Waals surface area contributed by atoms with Gasteiger partial charge in [0.25, 0.3) is 0 Å². The number of para-hydroxylation sites is 1. The van der Waals surface area contributed by atoms with Gasteiger partial charge >= 0.3 is 0 Å². The average molecular weight is 306 g/mol. The monoisotopic (exact) mass is 306 g/mol. The maximum Gasteiger partial charge on any atom is 0.225 e. The summed E-state index contributed by atoms with van der Waals surface area (Å²) >= 11 is 0. The van der Waals surface area contributed by atoms with E-state index in [2.05, 4.69) is 13.8 Å². The molecule has 3 nitrogen and oxygen atoms in total. The highest BCUT2D eigenvalue weighted by atomic mass is 19.1. The molecule has 0 bridgehead atoms. The van der Waals surface area contributed by atoms with E-state index in [1.165, 1.54) is 6.07 Å². The maximum absolute atomic E-state index is 13.8. The normalized spacial score (nSPS) is 16.7. The van der Waals surface area contributed by atoms with Crippen LogP contribution in [0.2, 0.25) is 0 Å². The van der Waals surface area contributed by atoms with E-state index in [0.29, 0.717) is 31.9 Å². The summed E-state index contributed by atoms with van der Waals surface area (Å²) in [4.78, 5) is 16.6. The second kappa shape index (κ2) is 8.16. The lowest BCUT2D eigenvalue weighted by Gasteiger charge is -2.37. The van der Waals surface area contributed by atoms with Gasteiger partial charge in [0.15, 0.2) is 0 Å². The first kappa shape index (κ1) is 16.8. The van der Waals surface area contributed by atoms with E-state index in [0.717, 1.165) is 25.7 Å². The molecule has 1 atom stereocenters. The highest BCUT2D eigenvalue weighted by molar-refractivity contribution is 5.79. The van der Waals surface area contributed by atoms with Gasteiger partial charge in [0, 0.05) is 32.1 Å². The molecule has 1 amide bonds. The standard InChI is InChI=1S/C18H27FN2O/c1-3-5-8-15(4-2)18(22)21-13-11-20(12-14-21)17-10-7-6-9-16(17)19/h6-7,9-10,15H,3-5,8,11-14H2,1-2H3/t15-/m0/s1. The molecule has 0 radical (unpaired) electrons. The minimum Gasteiger partial charge on any atom is -0.366 e. The number of rotatable bonds is 6. The first-order valence-electron chi connectivity index (χ1n) is 8.45. The van der Waals surface area contributed by atoms with Gasteiger partial charge < -0.3 is 9.80 Å². The Morgan fingerprint density at radius 2 is 1.86 bits per heavy atom. The lowest BCUT2D eigenvalue weighted by atomic mass is 9.97. The van der Waals surface area contributed by atoms with Crippen LogP contribution >= 0.6 is 0 Å². The maximum atomic E-state index is 13.8. The van der Waals surface area contributed by atoms with Crippen molar-refractivity contribution in [1.82, 2.24) is 4.90 Å². The first-order chi connectivity index (χ1) is 10.7. The van der Waals surface area contributed by atoms with Crippen molar-refractivity contribution in [2.24, 2.45) is 5.92 Å². The number of hydrogen-bond acceptors (Lipinski definition) is 2. The molecule has 1 fully saturated rings. The largest absolute Gasteiger partial charge is 0.366 e. The van der Waals surface area contributed by atoms with Gasteiger partial charge in [-0.3, -0.25) is 4.79 Å². The van der Waals surface area contributed by atoms with Crippen molar-refractivity contribution in [3.05, 3.63) is 30.1 Å². The quantitative estimate of drug-likeness (QED) is 0.800. The van der Waals surface area contributed by atoms with E-state index in [1.807, 2.05) is 21.9 Å². The second-order valence-corrected chi connectivity index (χ2v) is 6.01. The minimum atomic E-state index is -0.184. The van der Waals surface area contributed by atoms with Crippen molar-refractivity contribution in [2.75, 3.05) is 31.1 Å². The van der Waals surface area contributed by atoms with Crippen LogP contribution in [0, 0.1) is 11.7 Å². The first-order valence-corrected chi connectivity index (χ1v) is 8.45. The van der Waals surface area contributed by atoms with Crippen LogP contribution in [0.3, 0.4) is 0 Å². The third kappa shape index (κ3) is 3.99. The number of nitrogens with zero attached hydrogens (tertiary/aromatic N) is 2. The number of anilines is 1. The summed E-state index contributed by atoms with van der Waals surface area (Å²) in [5, 5.41) is 0. The zero-order valence-corrected chi connectivity index (χ0v) is 13.7. The SMILES string of the molecule is CCCC[C@H](CC)C(=O)N1CCN(c2ccccc2F)CC1. The molecule has 0 saturated carbocycles. The van der Waals surface area contributed by atoms with Crippen LogP contribution in [-0.4, -0.2) is 37.0 Å². The Balaban J connectivity index is 1.91. The van der Waals surface area contributed by atoms with Crippen molar-refractivity contribution in [3.8, 4) is 0 Å². The summed E-state index contributed by atoms with van der Waals surface area (Å²) < 4.78 is 13.8. The van der Waals surface area contributed by atoms with E-state index < -0.39 is 0 Å². The molecule has 1 heterocycles. The Bertz CT molecular complexity index is 484. The van der Waals surface area contributed by atoms with Crippen molar-refractivity contribution in [2.45, 2.75) is 39.5 Å². The summed E-state index contributed by atoms with van der Waals surface area (Å²) in [6.07, 6.45) is 4.13. The summed E-state index contributed by atoms with van der Waals surface area (Å²) in [7, 11) is 0. The lowest BCUT2D eigenvalue weighted by Crippen LogP contribution is -2.50. The molecule has 1 saturated heterocycles. The Labute approximate surface area is 133 Å². The predicted molar refractivity (Wildman–Crippen MR) is 88.5 cm³/mol. The second-order valence-electron chi connectivity index (χ2n) is 6.01. The Morgan fingerprint density at radius 3 is 2.45 bits per heavy atom. The van der Waals surface area contributed by atoms with Crippen molar-refractivity contribution in [3.63, 3.8) is 0 Å². The minimum absolute atomic E-state index is 0.153. The number of benzene rings is 1. The molecule has 4 heteroatoms. The number of carbonyl (C=O) groups excluding carboxylic acids is 1. The van der Waals surface area contributed by atoms with Crippen LogP contribution in [0.25, 0.3) is 0 Å². The van der Waals surface area contributed by atoms with E-state index in [1.54, 1.807) is 6.07 Å². The number of hydrogen-bond donors (Lipinski definition) is 0. The molecule has 22 heavy (non-hydrogen) atoms. The molecule has 0 aromatic heterocycles. The molecular weight excluding hydrogens is 279 g/mol. The number of piperazine rings is 1. The third-order valence-electron chi connectivity index (χ3n) is 4.53. The Kier molecular flexibility index (Phi) is 6.22. The molecule has 0 N–H and O–H groups in total. The highest BCUT2D eigenvalue weighted by Gasteiger charge is 2.26. The molecular formula is C18H27FN2O. The zero-order chi connectivity index (χ0) is 15.9. The highest BCUT2D eigenvalue weighted by Crippen LogP contribution is 2.22. The van der Waals surface area contributed by atoms with Gasteiger partial charge in [-0.1, -0.05) is 38.8 Å². The van der Waals surface area contributed by atoms with Gasteiger partial charge in [-0.25, -0.2) is 4.39 Å². The summed E-state index contributed by atoms with van der Waals surface area (Å²) in [6, 6.07) is 6.86. The Morgan fingerprint density at radius 1 is 1.18 bits per heavy atom. The van der Waals surface area contributed by atoms with Crippen molar-refractivity contribution < 1.29 is 9.18 Å². The van der Waals surface area contributed by atoms with E-state index in [-0.39, 0.29) is 17.6 Å². The molecule has 2 rings (SSSR count). The molecule has 1 aromatic carbocycles. The number of amides is 1. The molecule has 1 aromatic rings. The Hall–Kier alpha value is -1.58. The van der Waals surface area contributed by atoms with Gasteiger partial charge in [-0.05, 0) is 25.0 Å². The van der Waals surface area contributed by atoms with E-state index in [4.69, 9.17) is 0 Å². The van der Waals surface area contributed by atoms with Crippen molar-refractivity contribution >= 4 is 11.6 Å². The molecule has 0 unspecified atom stereocenters. The van der Waals surface area contributed by atoms with Crippen LogP contribution in [0.15, 0.2) is 24.3 Å². The van der Waals surface area contributed by atoms with Crippen LogP contribution < -0.4 is 4.90 Å². The predicted octanol–water partition coefficient (Wildman–Crippen LogP) is 3.69. The fraction of sp³-hybridized carbons (Fsp3) is 0.611. The summed E-state index contributed by atoms with van der Waals surface area (Å²) in [5.74, 6) is 0.251. The van der Waals surface area contributed by atoms with Gasteiger partial charge in [0.1, 0.15) is 5.82 Å². The number of halogens is 1. The average Bonchev–Trinajstić information content (AvgIpc) is 2.56. The van der Waals surface area contributed by atoms with Gasteiger partial charge in [-0.2, -0.15) is 0 Å². The molecule has 1 aliphatic rings. The number of unbranched alkanes of at least 4 members (excludes halogenated alkanes) is 1. The van der Waals surface area contributed by atoms with Crippen LogP contribution in [-0.2, 0) is 4.79 Å². The van der Waals surface area contributed by atoms with Gasteiger partial charge in [0.2, 0.25) is 5.91 Å². The fourth-order valence-corrected chi connectivity index (χ4v) is 3.09. The topological polar surface area (TPSA) is 23.6 Å². The molecule has 0 aliphatic carbocycles. The van der Waals surface area contributed by atoms with Crippen LogP contribution in [0.4, 0.5) is 10.1 Å². The zero-order valence-electron chi connectivity index (χ0n) is 13.7. The molecule has 0 spiro atoms. The van der Waals surface area contributed by atoms with Gasteiger partial charge in [-0.15, -0.1) is 0 Å². The summed E-state index contributed by atoms with van der Waals surface area (Å²) in [5.41, 5.74) is 0.646. The van der Waals surface area contributed by atoms with E-state index in [9.17, 15) is 9.18 Å². The lowest BCUT2D eigenvalue weighted by molar-refractivity contribution is -0.136. The van der Waals surface area contributed by atoms with Gasteiger partial charge in [0.05, 0.1) is 5.69 Å². The third-order valence-corrected chi connectivity index (χ3v) is 4.53. The molecule has 1 aliphatic heterocycles. The van der Waals surface area contributed by atoms with Crippen LogP contribution in [0.5, 0.6) is 0 Å². The van der Waals surface area contributed by atoms with E-state index >= 15 is 0 Å².